The van der Waals surface area contributed by atoms with Crippen LogP contribution < -0.4 is 10.2 Å². The molecule has 1 aromatic carbocycles. The van der Waals surface area contributed by atoms with E-state index in [1.165, 1.54) is 0 Å². The standard InChI is InChI=1S/C15H19ClN2O2/c1-10(2)17-15(20)12-5-3-4-6-13(12)18-9-11(8-16)7-14(18)19/h3-6,10-11H,7-9H2,1-2H3,(H,17,20). The number of nitrogens with one attached hydrogen (secondary N) is 1. The predicted octanol–water partition coefficient (Wildman–Crippen LogP) is 2.42. The Kier molecular flexibility index (Phi) is 4.65. The Bertz CT molecular complexity index is 516. The molecule has 0 aliphatic carbocycles. The van der Waals surface area contributed by atoms with Gasteiger partial charge in [0.2, 0.25) is 5.91 Å². The molecular formula is C15H19ClN2O2. The van der Waals surface area contributed by atoms with Gasteiger partial charge in [0.1, 0.15) is 0 Å². The van der Waals surface area contributed by atoms with Gasteiger partial charge in [-0.1, -0.05) is 12.1 Å². The SMILES string of the molecule is CC(C)NC(=O)c1ccccc1N1CC(CCl)CC1=O. The zero-order chi connectivity index (χ0) is 14.7. The summed E-state index contributed by atoms with van der Waals surface area (Å²) in [6.07, 6.45) is 0.448. The highest BCUT2D eigenvalue weighted by Crippen LogP contribution is 2.28. The molecule has 1 aromatic rings. The van der Waals surface area contributed by atoms with E-state index in [-0.39, 0.29) is 23.8 Å². The van der Waals surface area contributed by atoms with E-state index in [0.717, 1.165) is 0 Å². The Hall–Kier alpha value is -1.55. The van der Waals surface area contributed by atoms with Gasteiger partial charge in [-0.15, -0.1) is 11.6 Å². The molecule has 0 saturated carbocycles. The van der Waals surface area contributed by atoms with Gasteiger partial charge in [-0.3, -0.25) is 9.59 Å². The van der Waals surface area contributed by atoms with E-state index in [2.05, 4.69) is 5.32 Å². The van der Waals surface area contributed by atoms with Crippen LogP contribution in [0.25, 0.3) is 0 Å². The molecule has 108 valence electrons. The maximum Gasteiger partial charge on any atom is 0.253 e. The molecule has 5 heteroatoms. The van der Waals surface area contributed by atoms with Crippen LogP contribution in [0.2, 0.25) is 0 Å². The molecule has 0 radical (unpaired) electrons. The maximum atomic E-state index is 12.2. The number of halogens is 1. The van der Waals surface area contributed by atoms with Crippen molar-refractivity contribution in [3.05, 3.63) is 29.8 Å². The summed E-state index contributed by atoms with van der Waals surface area (Å²) in [6.45, 7) is 4.39. The minimum Gasteiger partial charge on any atom is -0.350 e. The molecule has 0 aromatic heterocycles. The number of hydrogen-bond acceptors (Lipinski definition) is 2. The number of alkyl halides is 1. The lowest BCUT2D eigenvalue weighted by Crippen LogP contribution is -2.33. The van der Waals surface area contributed by atoms with E-state index < -0.39 is 0 Å². The molecule has 2 rings (SSSR count). The number of amides is 2. The van der Waals surface area contributed by atoms with Crippen LogP contribution in [-0.2, 0) is 4.79 Å². The molecule has 0 bridgehead atoms. The lowest BCUT2D eigenvalue weighted by Gasteiger charge is -2.20. The summed E-state index contributed by atoms with van der Waals surface area (Å²) < 4.78 is 0. The summed E-state index contributed by atoms with van der Waals surface area (Å²) in [5.74, 6) is 0.492. The second-order valence-corrected chi connectivity index (χ2v) is 5.68. The fourth-order valence-corrected chi connectivity index (χ4v) is 2.57. The number of rotatable bonds is 4. The highest BCUT2D eigenvalue weighted by molar-refractivity contribution is 6.18. The van der Waals surface area contributed by atoms with Crippen LogP contribution >= 0.6 is 11.6 Å². The van der Waals surface area contributed by atoms with Gasteiger partial charge in [0.15, 0.2) is 0 Å². The van der Waals surface area contributed by atoms with E-state index in [9.17, 15) is 9.59 Å². The van der Waals surface area contributed by atoms with Gasteiger partial charge in [0.25, 0.3) is 5.91 Å². The van der Waals surface area contributed by atoms with Crippen molar-refractivity contribution in [3.8, 4) is 0 Å². The first-order valence-electron chi connectivity index (χ1n) is 6.79. The number of benzene rings is 1. The van der Waals surface area contributed by atoms with Crippen LogP contribution in [0.15, 0.2) is 24.3 Å². The zero-order valence-electron chi connectivity index (χ0n) is 11.7. The van der Waals surface area contributed by atoms with Crippen molar-refractivity contribution in [3.63, 3.8) is 0 Å². The third kappa shape index (κ3) is 3.12. The third-order valence-corrected chi connectivity index (χ3v) is 3.72. The number of hydrogen-bond donors (Lipinski definition) is 1. The van der Waals surface area contributed by atoms with Crippen molar-refractivity contribution in [2.24, 2.45) is 5.92 Å². The Morgan fingerprint density at radius 1 is 1.45 bits per heavy atom. The molecule has 1 fully saturated rings. The first kappa shape index (κ1) is 14.9. The molecule has 4 nitrogen and oxygen atoms in total. The van der Waals surface area contributed by atoms with E-state index in [1.54, 1.807) is 17.0 Å². The maximum absolute atomic E-state index is 12.2. The third-order valence-electron chi connectivity index (χ3n) is 3.28. The van der Waals surface area contributed by atoms with Crippen LogP contribution in [0, 0.1) is 5.92 Å². The Balaban J connectivity index is 2.28. The second-order valence-electron chi connectivity index (χ2n) is 5.37. The van der Waals surface area contributed by atoms with Gasteiger partial charge >= 0.3 is 0 Å². The average Bonchev–Trinajstić information content (AvgIpc) is 2.79. The molecule has 1 atom stereocenters. The summed E-state index contributed by atoms with van der Waals surface area (Å²) in [7, 11) is 0. The Morgan fingerprint density at radius 3 is 2.75 bits per heavy atom. The predicted molar refractivity (Wildman–Crippen MR) is 80.2 cm³/mol. The summed E-state index contributed by atoms with van der Waals surface area (Å²) in [4.78, 5) is 26.0. The van der Waals surface area contributed by atoms with Gasteiger partial charge < -0.3 is 10.2 Å². The van der Waals surface area contributed by atoms with Crippen molar-refractivity contribution in [2.45, 2.75) is 26.3 Å². The van der Waals surface area contributed by atoms with Crippen LogP contribution in [0.4, 0.5) is 5.69 Å². The van der Waals surface area contributed by atoms with Gasteiger partial charge in [-0.2, -0.15) is 0 Å². The van der Waals surface area contributed by atoms with E-state index in [0.29, 0.717) is 30.1 Å². The zero-order valence-corrected chi connectivity index (χ0v) is 12.5. The van der Waals surface area contributed by atoms with Crippen molar-refractivity contribution in [2.75, 3.05) is 17.3 Å². The van der Waals surface area contributed by atoms with Gasteiger partial charge in [-0.25, -0.2) is 0 Å². The van der Waals surface area contributed by atoms with Crippen LogP contribution in [-0.4, -0.2) is 30.3 Å². The largest absolute Gasteiger partial charge is 0.350 e. The number of carbonyl (C=O) groups excluding carboxylic acids is 2. The quantitative estimate of drug-likeness (QED) is 0.867. The van der Waals surface area contributed by atoms with Crippen LogP contribution in [0.3, 0.4) is 0 Å². The van der Waals surface area contributed by atoms with Gasteiger partial charge in [0.05, 0.1) is 11.3 Å². The molecule has 20 heavy (non-hydrogen) atoms. The molecule has 0 spiro atoms. The van der Waals surface area contributed by atoms with Crippen molar-refractivity contribution in [1.29, 1.82) is 0 Å². The summed E-state index contributed by atoms with van der Waals surface area (Å²) in [5.41, 5.74) is 1.20. The second kappa shape index (κ2) is 6.27. The first-order valence-corrected chi connectivity index (χ1v) is 7.32. The monoisotopic (exact) mass is 294 g/mol. The molecule has 1 heterocycles. The highest BCUT2D eigenvalue weighted by Gasteiger charge is 2.32. The summed E-state index contributed by atoms with van der Waals surface area (Å²) in [5, 5.41) is 2.86. The van der Waals surface area contributed by atoms with Crippen LogP contribution in [0.5, 0.6) is 0 Å². The minimum absolute atomic E-state index is 0.0282. The van der Waals surface area contributed by atoms with Crippen molar-refractivity contribution < 1.29 is 9.59 Å². The Labute approximate surface area is 124 Å². The fraction of sp³-hybridized carbons (Fsp3) is 0.467. The molecule has 1 N–H and O–H groups in total. The Morgan fingerprint density at radius 2 is 2.15 bits per heavy atom. The molecular weight excluding hydrogens is 276 g/mol. The van der Waals surface area contributed by atoms with Crippen LogP contribution in [0.1, 0.15) is 30.6 Å². The van der Waals surface area contributed by atoms with E-state index in [1.807, 2.05) is 26.0 Å². The molecule has 2 amide bonds. The number of anilines is 1. The minimum atomic E-state index is -0.155. The molecule has 1 aliphatic heterocycles. The van der Waals surface area contributed by atoms with E-state index >= 15 is 0 Å². The lowest BCUT2D eigenvalue weighted by atomic mass is 10.1. The van der Waals surface area contributed by atoms with E-state index in [4.69, 9.17) is 11.6 Å². The van der Waals surface area contributed by atoms with Crippen molar-refractivity contribution >= 4 is 29.1 Å². The topological polar surface area (TPSA) is 49.4 Å². The highest BCUT2D eigenvalue weighted by atomic mass is 35.5. The molecule has 1 unspecified atom stereocenters. The number of para-hydroxylation sites is 1. The first-order chi connectivity index (χ1) is 9.52. The summed E-state index contributed by atoms with van der Waals surface area (Å²) >= 11 is 5.84. The molecule has 1 saturated heterocycles. The lowest BCUT2D eigenvalue weighted by molar-refractivity contribution is -0.117. The molecule has 1 aliphatic rings. The van der Waals surface area contributed by atoms with Crippen molar-refractivity contribution in [1.82, 2.24) is 5.32 Å². The fourth-order valence-electron chi connectivity index (χ4n) is 2.36. The average molecular weight is 295 g/mol. The van der Waals surface area contributed by atoms with Gasteiger partial charge in [0, 0.05) is 24.9 Å². The number of carbonyl (C=O) groups is 2. The summed E-state index contributed by atoms with van der Waals surface area (Å²) in [6, 6.07) is 7.25. The van der Waals surface area contributed by atoms with Gasteiger partial charge in [-0.05, 0) is 31.9 Å². The normalized spacial score (nSPS) is 18.7. The number of nitrogens with zero attached hydrogens (tertiary/aromatic N) is 1. The smallest absolute Gasteiger partial charge is 0.253 e.